The van der Waals surface area contributed by atoms with Gasteiger partial charge in [0.25, 0.3) is 0 Å². The molecule has 1 N–H and O–H groups in total. The van der Waals surface area contributed by atoms with Crippen LogP contribution in [-0.4, -0.2) is 51.8 Å². The van der Waals surface area contributed by atoms with Crippen molar-refractivity contribution in [3.05, 3.63) is 35.4 Å². The monoisotopic (exact) mass is 332 g/mol. The second-order valence-electron chi connectivity index (χ2n) is 8.11. The quantitative estimate of drug-likeness (QED) is 0.905. The molecule has 0 saturated carbocycles. The molecule has 0 aromatic heterocycles. The number of hydrogen-bond acceptors (Lipinski definition) is 4. The molecule has 1 aromatic rings. The summed E-state index contributed by atoms with van der Waals surface area (Å²) in [5.74, 6) is 0. The van der Waals surface area contributed by atoms with Gasteiger partial charge in [-0.25, -0.2) is 4.79 Å². The molecule has 24 heavy (non-hydrogen) atoms. The van der Waals surface area contributed by atoms with Crippen LogP contribution in [0.3, 0.4) is 0 Å². The van der Waals surface area contributed by atoms with E-state index in [0.29, 0.717) is 32.5 Å². The Kier molecular flexibility index (Phi) is 4.58. The van der Waals surface area contributed by atoms with E-state index >= 15 is 0 Å². The van der Waals surface area contributed by atoms with Gasteiger partial charge in [-0.3, -0.25) is 4.90 Å². The molecule has 1 fully saturated rings. The predicted octanol–water partition coefficient (Wildman–Crippen LogP) is 2.76. The number of likely N-dealkylation sites (tertiary alicyclic amines) is 1. The van der Waals surface area contributed by atoms with Crippen molar-refractivity contribution in [1.82, 2.24) is 9.80 Å². The van der Waals surface area contributed by atoms with E-state index in [4.69, 9.17) is 4.74 Å². The van der Waals surface area contributed by atoms with Crippen LogP contribution in [0, 0.1) is 0 Å². The molecule has 0 radical (unpaired) electrons. The van der Waals surface area contributed by atoms with E-state index in [1.807, 2.05) is 20.8 Å². The number of β-amino-alcohol motifs (C(OH)–C–C–N with tert-alkyl or cyclic N) is 1. The number of carbonyl (C=O) groups is 1. The number of carbonyl (C=O) groups excluding carboxylic acids is 1. The lowest BCUT2D eigenvalue weighted by Gasteiger charge is -2.40. The van der Waals surface area contributed by atoms with Gasteiger partial charge in [-0.2, -0.15) is 0 Å². The topological polar surface area (TPSA) is 53.0 Å². The molecule has 0 atom stereocenters. The molecule has 1 saturated heterocycles. The van der Waals surface area contributed by atoms with Crippen LogP contribution < -0.4 is 0 Å². The summed E-state index contributed by atoms with van der Waals surface area (Å²) in [7, 11) is 0. The summed E-state index contributed by atoms with van der Waals surface area (Å²) in [6.45, 7) is 9.16. The van der Waals surface area contributed by atoms with Gasteiger partial charge in [0.2, 0.25) is 0 Å². The van der Waals surface area contributed by atoms with Gasteiger partial charge < -0.3 is 14.7 Å². The van der Waals surface area contributed by atoms with Crippen LogP contribution in [0.25, 0.3) is 0 Å². The van der Waals surface area contributed by atoms with E-state index in [1.165, 1.54) is 11.1 Å². The van der Waals surface area contributed by atoms with Crippen LogP contribution in [0.4, 0.5) is 4.79 Å². The van der Waals surface area contributed by atoms with Crippen molar-refractivity contribution in [3.8, 4) is 0 Å². The van der Waals surface area contributed by atoms with E-state index in [0.717, 1.165) is 13.1 Å². The van der Waals surface area contributed by atoms with Crippen LogP contribution in [-0.2, 0) is 17.8 Å². The first kappa shape index (κ1) is 17.2. The van der Waals surface area contributed by atoms with E-state index in [2.05, 4.69) is 29.2 Å². The van der Waals surface area contributed by atoms with Gasteiger partial charge in [0.1, 0.15) is 5.60 Å². The molecule has 0 unspecified atom stereocenters. The Bertz CT molecular complexity index is 576. The van der Waals surface area contributed by atoms with Gasteiger partial charge in [-0.05, 0) is 44.7 Å². The average molecular weight is 332 g/mol. The Morgan fingerprint density at radius 2 is 1.71 bits per heavy atom. The maximum Gasteiger partial charge on any atom is 0.410 e. The molecule has 0 aliphatic carbocycles. The van der Waals surface area contributed by atoms with Crippen LogP contribution in [0.2, 0.25) is 0 Å². The van der Waals surface area contributed by atoms with E-state index in [-0.39, 0.29) is 6.09 Å². The van der Waals surface area contributed by atoms with Crippen molar-refractivity contribution >= 4 is 6.09 Å². The smallest absolute Gasteiger partial charge is 0.410 e. The Balaban J connectivity index is 1.52. The van der Waals surface area contributed by atoms with Crippen molar-refractivity contribution in [2.75, 3.05) is 19.6 Å². The predicted molar refractivity (Wildman–Crippen MR) is 92.5 cm³/mol. The highest BCUT2D eigenvalue weighted by Gasteiger charge is 2.37. The average Bonchev–Trinajstić information content (AvgIpc) is 2.87. The number of piperidine rings is 1. The van der Waals surface area contributed by atoms with Crippen molar-refractivity contribution in [2.24, 2.45) is 0 Å². The Morgan fingerprint density at radius 3 is 2.21 bits per heavy atom. The zero-order chi connectivity index (χ0) is 17.4. The van der Waals surface area contributed by atoms with Crippen LogP contribution in [0.1, 0.15) is 44.7 Å². The van der Waals surface area contributed by atoms with Crippen LogP contribution in [0.15, 0.2) is 24.3 Å². The molecule has 132 valence electrons. The molecule has 2 aliphatic heterocycles. The fourth-order valence-corrected chi connectivity index (χ4v) is 3.52. The molecular weight excluding hydrogens is 304 g/mol. The number of ether oxygens (including phenoxy) is 1. The summed E-state index contributed by atoms with van der Waals surface area (Å²) in [5, 5.41) is 10.9. The second-order valence-corrected chi connectivity index (χ2v) is 8.11. The summed E-state index contributed by atoms with van der Waals surface area (Å²) in [5.41, 5.74) is 1.51. The van der Waals surface area contributed by atoms with Gasteiger partial charge in [0, 0.05) is 32.7 Å². The minimum Gasteiger partial charge on any atom is -0.444 e. The van der Waals surface area contributed by atoms with E-state index in [1.54, 1.807) is 4.90 Å². The summed E-state index contributed by atoms with van der Waals surface area (Å²) in [6, 6.07) is 8.45. The highest BCUT2D eigenvalue weighted by Crippen LogP contribution is 2.29. The van der Waals surface area contributed by atoms with Gasteiger partial charge >= 0.3 is 6.09 Å². The molecule has 0 bridgehead atoms. The number of rotatable bonds is 2. The number of fused-ring (bicyclic) bond motifs is 1. The fraction of sp³-hybridized carbons (Fsp3) is 0.632. The summed E-state index contributed by atoms with van der Waals surface area (Å²) >= 11 is 0. The van der Waals surface area contributed by atoms with Crippen molar-refractivity contribution in [1.29, 1.82) is 0 Å². The van der Waals surface area contributed by atoms with Gasteiger partial charge in [0.15, 0.2) is 0 Å². The highest BCUT2D eigenvalue weighted by molar-refractivity contribution is 5.68. The van der Waals surface area contributed by atoms with Crippen LogP contribution >= 0.6 is 0 Å². The zero-order valence-corrected chi connectivity index (χ0v) is 14.9. The largest absolute Gasteiger partial charge is 0.444 e. The van der Waals surface area contributed by atoms with Gasteiger partial charge in [-0.1, -0.05) is 24.3 Å². The molecule has 5 nitrogen and oxygen atoms in total. The number of benzene rings is 1. The standard InChI is InChI=1S/C19H28N2O3/c1-18(2,3)24-17(22)21-10-8-19(23,9-11-21)14-20-12-15-6-4-5-7-16(15)13-20/h4-7,23H,8-14H2,1-3H3. The molecule has 0 spiro atoms. The lowest BCUT2D eigenvalue weighted by molar-refractivity contribution is -0.0509. The minimum atomic E-state index is -0.722. The molecule has 1 aromatic carbocycles. The molecule has 1 amide bonds. The Hall–Kier alpha value is -1.59. The molecule has 3 rings (SSSR count). The summed E-state index contributed by atoms with van der Waals surface area (Å²) in [6.07, 6.45) is 0.913. The maximum absolute atomic E-state index is 12.1. The summed E-state index contributed by atoms with van der Waals surface area (Å²) in [4.78, 5) is 16.1. The van der Waals surface area contributed by atoms with Gasteiger partial charge in [0.05, 0.1) is 5.60 Å². The van der Waals surface area contributed by atoms with Crippen molar-refractivity contribution < 1.29 is 14.6 Å². The first-order valence-corrected chi connectivity index (χ1v) is 8.74. The minimum absolute atomic E-state index is 0.280. The third-order valence-corrected chi connectivity index (χ3v) is 4.77. The SMILES string of the molecule is CC(C)(C)OC(=O)N1CCC(O)(CN2Cc3ccccc3C2)CC1. The van der Waals surface area contributed by atoms with E-state index in [9.17, 15) is 9.90 Å². The van der Waals surface area contributed by atoms with Crippen molar-refractivity contribution in [3.63, 3.8) is 0 Å². The van der Waals surface area contributed by atoms with Gasteiger partial charge in [-0.15, -0.1) is 0 Å². The fourth-order valence-electron chi connectivity index (χ4n) is 3.52. The molecular formula is C19H28N2O3. The van der Waals surface area contributed by atoms with Crippen LogP contribution in [0.5, 0.6) is 0 Å². The number of amides is 1. The molecule has 5 heteroatoms. The second kappa shape index (κ2) is 6.37. The normalized spacial score (nSPS) is 20.8. The lowest BCUT2D eigenvalue weighted by Crippen LogP contribution is -2.52. The first-order chi connectivity index (χ1) is 11.2. The maximum atomic E-state index is 12.1. The number of nitrogens with zero attached hydrogens (tertiary/aromatic N) is 2. The third-order valence-electron chi connectivity index (χ3n) is 4.77. The zero-order valence-electron chi connectivity index (χ0n) is 14.9. The number of hydrogen-bond donors (Lipinski definition) is 1. The Morgan fingerprint density at radius 1 is 1.17 bits per heavy atom. The highest BCUT2D eigenvalue weighted by atomic mass is 16.6. The van der Waals surface area contributed by atoms with E-state index < -0.39 is 11.2 Å². The summed E-state index contributed by atoms with van der Waals surface area (Å²) < 4.78 is 5.42. The third kappa shape index (κ3) is 4.08. The lowest BCUT2D eigenvalue weighted by atomic mass is 9.91. The molecule has 2 aliphatic rings. The number of aliphatic hydroxyl groups is 1. The Labute approximate surface area is 144 Å². The van der Waals surface area contributed by atoms with Crippen molar-refractivity contribution in [2.45, 2.75) is 57.9 Å². The molecule has 2 heterocycles. The first-order valence-electron chi connectivity index (χ1n) is 8.74.